The lowest BCUT2D eigenvalue weighted by molar-refractivity contribution is -0.157. The van der Waals surface area contributed by atoms with Crippen molar-refractivity contribution in [2.75, 3.05) is 0 Å². The average Bonchev–Trinajstić information content (AvgIpc) is 2.98. The molecule has 0 N–H and O–H groups in total. The zero-order valence-electron chi connectivity index (χ0n) is 25.2. The van der Waals surface area contributed by atoms with Crippen LogP contribution in [-0.2, 0) is 19.1 Å². The number of halogens is 3. The maximum Gasteiger partial charge on any atom is 0.340 e. The summed E-state index contributed by atoms with van der Waals surface area (Å²) in [5, 5.41) is 0. The van der Waals surface area contributed by atoms with Crippen molar-refractivity contribution in [2.45, 2.75) is 166 Å². The van der Waals surface area contributed by atoms with Gasteiger partial charge in [-0.1, -0.05) is 80.4 Å². The molecule has 1 aromatic carbocycles. The molecule has 41 heavy (non-hydrogen) atoms. The molecule has 0 aliphatic heterocycles. The van der Waals surface area contributed by atoms with E-state index in [1.54, 1.807) is 0 Å². The SMILES string of the molecule is CCCCCC[C@H](F)C(=O)O[C@H]1CC[C@H](c2ccc([C@H]3CC[C@H](OC(=O)[C@@H](F)CCCCCC)CC3)c(Br)c2)CC1. The van der Waals surface area contributed by atoms with Gasteiger partial charge in [0.25, 0.3) is 0 Å². The third-order valence-electron chi connectivity index (χ3n) is 8.98. The molecule has 2 aliphatic rings. The van der Waals surface area contributed by atoms with Crippen LogP contribution in [0.15, 0.2) is 22.7 Å². The number of esters is 2. The van der Waals surface area contributed by atoms with E-state index < -0.39 is 24.3 Å². The smallest absolute Gasteiger partial charge is 0.340 e. The van der Waals surface area contributed by atoms with Crippen LogP contribution in [0, 0.1) is 0 Å². The van der Waals surface area contributed by atoms with E-state index in [0.717, 1.165) is 107 Å². The molecule has 2 fully saturated rings. The Bertz CT molecular complexity index is 925. The first kappa shape index (κ1) is 34.0. The minimum Gasteiger partial charge on any atom is -0.460 e. The van der Waals surface area contributed by atoms with Crippen molar-refractivity contribution in [1.82, 2.24) is 0 Å². The Labute approximate surface area is 254 Å². The minimum atomic E-state index is -1.51. The van der Waals surface area contributed by atoms with Crippen molar-refractivity contribution in [3.63, 3.8) is 0 Å². The van der Waals surface area contributed by atoms with Crippen LogP contribution in [0.5, 0.6) is 0 Å². The number of hydrogen-bond acceptors (Lipinski definition) is 4. The third-order valence-corrected chi connectivity index (χ3v) is 9.67. The number of unbranched alkanes of at least 4 members (excludes halogenated alkanes) is 6. The predicted molar refractivity (Wildman–Crippen MR) is 164 cm³/mol. The Morgan fingerprint density at radius 2 is 1.20 bits per heavy atom. The molecule has 2 atom stereocenters. The molecule has 0 unspecified atom stereocenters. The van der Waals surface area contributed by atoms with Crippen molar-refractivity contribution < 1.29 is 27.8 Å². The first-order valence-electron chi connectivity index (χ1n) is 16.3. The number of rotatable bonds is 16. The second-order valence-corrected chi connectivity index (χ2v) is 13.1. The predicted octanol–water partition coefficient (Wildman–Crippen LogP) is 10.2. The molecule has 232 valence electrons. The lowest BCUT2D eigenvalue weighted by atomic mass is 9.80. The van der Waals surface area contributed by atoms with Gasteiger partial charge in [0, 0.05) is 4.47 Å². The summed E-state index contributed by atoms with van der Waals surface area (Å²) < 4.78 is 40.6. The Morgan fingerprint density at radius 1 is 0.732 bits per heavy atom. The van der Waals surface area contributed by atoms with E-state index in [4.69, 9.17) is 9.47 Å². The van der Waals surface area contributed by atoms with E-state index in [1.165, 1.54) is 11.1 Å². The van der Waals surface area contributed by atoms with Gasteiger partial charge in [-0.15, -0.1) is 0 Å². The topological polar surface area (TPSA) is 52.6 Å². The van der Waals surface area contributed by atoms with Crippen molar-refractivity contribution in [1.29, 1.82) is 0 Å². The fourth-order valence-electron chi connectivity index (χ4n) is 6.35. The van der Waals surface area contributed by atoms with Gasteiger partial charge in [-0.3, -0.25) is 0 Å². The number of hydrogen-bond donors (Lipinski definition) is 0. The van der Waals surface area contributed by atoms with Crippen molar-refractivity contribution in [2.24, 2.45) is 0 Å². The highest BCUT2D eigenvalue weighted by atomic mass is 79.9. The molecule has 0 bridgehead atoms. The van der Waals surface area contributed by atoms with Crippen LogP contribution in [0.25, 0.3) is 0 Å². The van der Waals surface area contributed by atoms with E-state index in [1.807, 2.05) is 0 Å². The van der Waals surface area contributed by atoms with Gasteiger partial charge in [-0.05, 0) is 106 Å². The number of alkyl halides is 2. The lowest BCUT2D eigenvalue weighted by Crippen LogP contribution is -2.28. The van der Waals surface area contributed by atoms with E-state index in [2.05, 4.69) is 48.0 Å². The van der Waals surface area contributed by atoms with Crippen LogP contribution in [0.1, 0.15) is 152 Å². The fraction of sp³-hybridized carbons (Fsp3) is 0.765. The molecule has 4 nitrogen and oxygen atoms in total. The first-order valence-corrected chi connectivity index (χ1v) is 17.1. The van der Waals surface area contributed by atoms with E-state index in [9.17, 15) is 18.4 Å². The van der Waals surface area contributed by atoms with Gasteiger partial charge >= 0.3 is 11.9 Å². The quantitative estimate of drug-likeness (QED) is 0.133. The zero-order valence-corrected chi connectivity index (χ0v) is 26.8. The highest BCUT2D eigenvalue weighted by Crippen LogP contribution is 2.41. The van der Waals surface area contributed by atoms with Gasteiger partial charge in [0.2, 0.25) is 0 Å². The second kappa shape index (κ2) is 18.2. The van der Waals surface area contributed by atoms with E-state index in [0.29, 0.717) is 11.8 Å². The molecule has 0 spiro atoms. The monoisotopic (exact) mass is 640 g/mol. The molecule has 2 aliphatic carbocycles. The van der Waals surface area contributed by atoms with E-state index >= 15 is 0 Å². The van der Waals surface area contributed by atoms with Crippen molar-refractivity contribution in [3.8, 4) is 0 Å². The molecule has 1 aromatic rings. The van der Waals surface area contributed by atoms with Gasteiger partial charge in [-0.2, -0.15) is 0 Å². The second-order valence-electron chi connectivity index (χ2n) is 12.2. The molecule has 0 heterocycles. The maximum atomic E-state index is 14.2. The van der Waals surface area contributed by atoms with Gasteiger partial charge in [-0.25, -0.2) is 18.4 Å². The Hall–Kier alpha value is -1.50. The van der Waals surface area contributed by atoms with Crippen LogP contribution >= 0.6 is 15.9 Å². The normalized spacial score (nSPS) is 24.4. The standard InChI is InChI=1S/C34H51BrF2O4/c1-3-5-7-9-11-31(36)33(38)40-27-18-13-24(14-19-27)26-17-22-29(30(35)23-26)25-15-20-28(21-16-25)41-34(39)32(37)12-10-8-6-4-2/h17,22-25,27-28,31-32H,3-16,18-21H2,1-2H3/t24-,25-,27-,28-,31-,32-/m0/s1. The summed E-state index contributed by atoms with van der Waals surface area (Å²) >= 11 is 3.80. The van der Waals surface area contributed by atoms with Gasteiger partial charge in [0.15, 0.2) is 12.3 Å². The van der Waals surface area contributed by atoms with Crippen molar-refractivity contribution in [3.05, 3.63) is 33.8 Å². The Balaban J connectivity index is 1.39. The van der Waals surface area contributed by atoms with Crippen LogP contribution in [-0.4, -0.2) is 36.5 Å². The summed E-state index contributed by atoms with van der Waals surface area (Å²) in [6.07, 6.45) is 11.5. The Kier molecular flexibility index (Phi) is 15.1. The third kappa shape index (κ3) is 11.3. The number of carbonyl (C=O) groups is 2. The molecule has 0 aromatic heterocycles. The number of benzene rings is 1. The zero-order chi connectivity index (χ0) is 29.6. The van der Waals surface area contributed by atoms with Gasteiger partial charge in [0.05, 0.1) is 0 Å². The largest absolute Gasteiger partial charge is 0.460 e. The fourth-order valence-corrected chi connectivity index (χ4v) is 7.07. The van der Waals surface area contributed by atoms with Gasteiger partial charge < -0.3 is 9.47 Å². The number of ether oxygens (including phenoxy) is 2. The Morgan fingerprint density at radius 3 is 1.63 bits per heavy atom. The molecular formula is C34H51BrF2O4. The summed E-state index contributed by atoms with van der Waals surface area (Å²) in [5.41, 5.74) is 2.55. The van der Waals surface area contributed by atoms with Crippen LogP contribution in [0.4, 0.5) is 8.78 Å². The lowest BCUT2D eigenvalue weighted by Gasteiger charge is -2.31. The summed E-state index contributed by atoms with van der Waals surface area (Å²) in [6.45, 7) is 4.22. The first-order chi connectivity index (χ1) is 19.8. The molecule has 7 heteroatoms. The maximum absolute atomic E-state index is 14.2. The highest BCUT2D eigenvalue weighted by Gasteiger charge is 2.30. The van der Waals surface area contributed by atoms with Gasteiger partial charge in [0.1, 0.15) is 12.2 Å². The van der Waals surface area contributed by atoms with Crippen LogP contribution < -0.4 is 0 Å². The summed E-state index contributed by atoms with van der Waals surface area (Å²) in [5.74, 6) is -0.592. The van der Waals surface area contributed by atoms with Crippen LogP contribution in [0.3, 0.4) is 0 Å². The van der Waals surface area contributed by atoms with Crippen molar-refractivity contribution >= 4 is 27.9 Å². The number of carbonyl (C=O) groups excluding carboxylic acids is 2. The molecule has 0 radical (unpaired) electrons. The molecule has 0 saturated heterocycles. The molecule has 2 saturated carbocycles. The summed E-state index contributed by atoms with van der Waals surface area (Å²) in [7, 11) is 0. The average molecular weight is 642 g/mol. The summed E-state index contributed by atoms with van der Waals surface area (Å²) in [4.78, 5) is 24.4. The molecule has 3 rings (SSSR count). The molecule has 0 amide bonds. The highest BCUT2D eigenvalue weighted by molar-refractivity contribution is 9.10. The molecular weight excluding hydrogens is 590 g/mol. The van der Waals surface area contributed by atoms with Crippen LogP contribution in [0.2, 0.25) is 0 Å². The van der Waals surface area contributed by atoms with E-state index in [-0.39, 0.29) is 25.0 Å². The minimum absolute atomic E-state index is 0.187. The summed E-state index contributed by atoms with van der Waals surface area (Å²) in [6, 6.07) is 6.64.